The Morgan fingerprint density at radius 3 is 1.03 bits per heavy atom. The van der Waals surface area contributed by atoms with Crippen LogP contribution in [0.3, 0.4) is 0 Å². The van der Waals surface area contributed by atoms with E-state index >= 15 is 0 Å². The lowest BCUT2D eigenvalue weighted by Crippen LogP contribution is -2.05. The molecule has 10 nitrogen and oxygen atoms in total. The van der Waals surface area contributed by atoms with Crippen molar-refractivity contribution in [2.45, 2.75) is 0 Å². The van der Waals surface area contributed by atoms with Gasteiger partial charge in [-0.1, -0.05) is 72.8 Å². The van der Waals surface area contributed by atoms with Gasteiger partial charge in [0, 0.05) is 32.7 Å². The van der Waals surface area contributed by atoms with Crippen LogP contribution in [0.15, 0.2) is 167 Å². The minimum Gasteiger partial charge on any atom is -0.497 e. The predicted molar refractivity (Wildman–Crippen MR) is 242 cm³/mol. The van der Waals surface area contributed by atoms with Crippen LogP contribution in [0.5, 0.6) is 11.5 Å². The molecule has 0 radical (unpaired) electrons. The van der Waals surface area contributed by atoms with Gasteiger partial charge >= 0.3 is 0 Å². The minimum atomic E-state index is 0.194. The van der Waals surface area contributed by atoms with Crippen molar-refractivity contribution in [2.24, 2.45) is 0 Å². The highest BCUT2D eigenvalue weighted by molar-refractivity contribution is 6.40. The molecule has 0 amide bonds. The summed E-state index contributed by atoms with van der Waals surface area (Å²) in [5.74, 6) is 2.76. The van der Waals surface area contributed by atoms with Crippen LogP contribution in [0, 0.1) is 0 Å². The van der Waals surface area contributed by atoms with Gasteiger partial charge in [0.15, 0.2) is 0 Å². The van der Waals surface area contributed by atoms with Crippen molar-refractivity contribution in [1.29, 1.82) is 0 Å². The van der Waals surface area contributed by atoms with E-state index in [1.165, 1.54) is 0 Å². The summed E-state index contributed by atoms with van der Waals surface area (Å²) >= 11 is 9.53. The zero-order chi connectivity index (χ0) is 41.5. The molecular weight excluding hydrogens is 807 g/mol. The van der Waals surface area contributed by atoms with Gasteiger partial charge in [-0.2, -0.15) is 0 Å². The number of halogens is 2. The summed E-state index contributed by atoms with van der Waals surface area (Å²) in [6.07, 6.45) is 0. The van der Waals surface area contributed by atoms with E-state index < -0.39 is 0 Å². The van der Waals surface area contributed by atoms with Crippen LogP contribution in [0.2, 0.25) is 0 Å². The van der Waals surface area contributed by atoms with E-state index in [1.807, 2.05) is 48.5 Å². The normalized spacial score (nSPS) is 11.3. The van der Waals surface area contributed by atoms with Gasteiger partial charge in [-0.25, -0.2) is 0 Å². The Balaban J connectivity index is 0.00000144. The van der Waals surface area contributed by atoms with E-state index in [-0.39, 0.29) is 5.34 Å². The first kappa shape index (κ1) is 37.8. The summed E-state index contributed by atoms with van der Waals surface area (Å²) in [6.45, 7) is 0. The van der Waals surface area contributed by atoms with E-state index in [0.29, 0.717) is 34.7 Å². The van der Waals surface area contributed by atoms with Gasteiger partial charge in [-0.05, 0) is 84.9 Å². The van der Waals surface area contributed by atoms with Crippen LogP contribution in [-0.4, -0.2) is 49.1 Å². The van der Waals surface area contributed by atoms with Crippen LogP contribution in [0.4, 0.5) is 0 Å². The van der Waals surface area contributed by atoms with E-state index in [0.717, 1.165) is 77.6 Å². The zero-order valence-corrected chi connectivity index (χ0v) is 34.3. The molecule has 0 spiro atoms. The summed E-state index contributed by atoms with van der Waals surface area (Å²) in [5, 5.41) is 23.1. The largest absolute Gasteiger partial charge is 0.497 e. The Hall–Kier alpha value is -7.40. The van der Waals surface area contributed by atoms with Crippen molar-refractivity contribution in [3.63, 3.8) is 0 Å². The maximum atomic E-state index is 6.54. The van der Waals surface area contributed by atoms with Crippen molar-refractivity contribution >= 4 is 66.8 Å². The number of hydrogen-bond donors (Lipinski definition) is 0. The number of alkyl halides is 2. The Labute approximate surface area is 359 Å². The van der Waals surface area contributed by atoms with Crippen molar-refractivity contribution in [2.75, 3.05) is 19.6 Å². The third-order valence-electron chi connectivity index (χ3n) is 10.7. The highest BCUT2D eigenvalue weighted by Crippen LogP contribution is 2.43. The van der Waals surface area contributed by atoms with Gasteiger partial charge in [-0.3, -0.25) is 0 Å². The number of fused-ring (bicyclic) bond motifs is 6. The van der Waals surface area contributed by atoms with Gasteiger partial charge < -0.3 is 27.4 Å². The molecule has 4 aromatic heterocycles. The molecule has 11 aromatic rings. The second-order valence-electron chi connectivity index (χ2n) is 14.0. The van der Waals surface area contributed by atoms with Crippen LogP contribution in [-0.2, 0) is 0 Å². The third-order valence-corrected chi connectivity index (χ3v) is 10.7. The van der Waals surface area contributed by atoms with Crippen molar-refractivity contribution < 1.29 is 18.3 Å². The first-order valence-electron chi connectivity index (χ1n) is 19.3. The number of para-hydroxylation sites is 4. The molecular formula is C49H34Cl2N6O4. The van der Waals surface area contributed by atoms with Crippen molar-refractivity contribution in [1.82, 2.24) is 29.5 Å². The summed E-state index contributed by atoms with van der Waals surface area (Å²) in [5.41, 5.74) is 8.74. The standard InChI is InChI=1S/C48H32N6O4.CH2Cl2/c1-55-31-23-19-29(20-24-31)45-49-51-47(57-45)37-27-43(53-39-15-7-3-11-33(39)34-12-4-8-16-40(34)53)44(54-41-17-9-5-13-35(41)36-14-6-10-18-42(36)54)28-38(37)48-52-50-46(58-48)30-21-25-32(56-2)26-22-30;2-1-3/h3-28H,1-2H3;1H2. The van der Waals surface area contributed by atoms with Crippen LogP contribution in [0.25, 0.3) is 101 Å². The van der Waals surface area contributed by atoms with Gasteiger partial charge in [0.05, 0.1) is 64.1 Å². The Morgan fingerprint density at radius 2 is 0.721 bits per heavy atom. The number of rotatable bonds is 8. The lowest BCUT2D eigenvalue weighted by Gasteiger charge is -2.19. The number of methoxy groups -OCH3 is 2. The number of aromatic nitrogens is 6. The smallest absolute Gasteiger partial charge is 0.249 e. The molecule has 0 saturated carbocycles. The highest BCUT2D eigenvalue weighted by Gasteiger charge is 2.27. The zero-order valence-electron chi connectivity index (χ0n) is 32.8. The lowest BCUT2D eigenvalue weighted by molar-refractivity contribution is 0.414. The summed E-state index contributed by atoms with van der Waals surface area (Å²) in [4.78, 5) is 0. The van der Waals surface area contributed by atoms with E-state index in [9.17, 15) is 0 Å². The Kier molecular flexibility index (Phi) is 9.92. The quantitative estimate of drug-likeness (QED) is 0.139. The molecule has 0 aliphatic rings. The van der Waals surface area contributed by atoms with Crippen LogP contribution < -0.4 is 9.47 Å². The van der Waals surface area contributed by atoms with Crippen molar-refractivity contribution in [3.8, 4) is 68.7 Å². The number of benzene rings is 7. The molecule has 11 rings (SSSR count). The van der Waals surface area contributed by atoms with E-state index in [2.05, 4.69) is 139 Å². The lowest BCUT2D eigenvalue weighted by atomic mass is 10.0. The maximum Gasteiger partial charge on any atom is 0.249 e. The molecule has 12 heteroatoms. The second-order valence-corrected chi connectivity index (χ2v) is 14.8. The number of hydrogen-bond acceptors (Lipinski definition) is 8. The molecule has 0 aliphatic carbocycles. The molecule has 0 N–H and O–H groups in total. The molecule has 0 atom stereocenters. The topological polar surface area (TPSA) is 106 Å². The molecule has 298 valence electrons. The second kappa shape index (κ2) is 16.0. The highest BCUT2D eigenvalue weighted by atomic mass is 35.5. The minimum absolute atomic E-state index is 0.194. The van der Waals surface area contributed by atoms with Crippen molar-refractivity contribution in [3.05, 3.63) is 158 Å². The van der Waals surface area contributed by atoms with Gasteiger partial charge in [0.25, 0.3) is 0 Å². The van der Waals surface area contributed by atoms with Gasteiger partial charge in [0.1, 0.15) is 11.5 Å². The molecule has 7 aromatic carbocycles. The number of nitrogens with zero attached hydrogens (tertiary/aromatic N) is 6. The molecule has 61 heavy (non-hydrogen) atoms. The monoisotopic (exact) mass is 840 g/mol. The Bertz CT molecular complexity index is 3020. The first-order chi connectivity index (χ1) is 30.1. The van der Waals surface area contributed by atoms with Crippen LogP contribution >= 0.6 is 23.2 Å². The summed E-state index contributed by atoms with van der Waals surface area (Å²) < 4.78 is 28.5. The SMILES string of the molecule is COc1ccc(-c2nnc(-c3cc(-n4c5ccccc5c5ccccc54)c(-n4c5ccccc5c5ccccc54)cc3-c3nnc(-c4ccc(OC)cc4)o3)o2)cc1.ClCCl. The maximum absolute atomic E-state index is 6.54. The third kappa shape index (κ3) is 6.62. The first-order valence-corrected chi connectivity index (χ1v) is 20.4. The summed E-state index contributed by atoms with van der Waals surface area (Å²) in [6, 6.07) is 53.2. The summed E-state index contributed by atoms with van der Waals surface area (Å²) in [7, 11) is 3.27. The molecule has 0 fully saturated rings. The molecule has 0 bridgehead atoms. The fourth-order valence-corrected chi connectivity index (χ4v) is 8.02. The fourth-order valence-electron chi connectivity index (χ4n) is 8.02. The predicted octanol–water partition coefficient (Wildman–Crippen LogP) is 12.8. The molecule has 0 saturated heterocycles. The van der Waals surface area contributed by atoms with Crippen LogP contribution in [0.1, 0.15) is 0 Å². The van der Waals surface area contributed by atoms with Gasteiger partial charge in [0.2, 0.25) is 23.6 Å². The van der Waals surface area contributed by atoms with E-state index in [4.69, 9.17) is 41.5 Å². The molecule has 0 unspecified atom stereocenters. The Morgan fingerprint density at radius 1 is 0.426 bits per heavy atom. The molecule has 0 aliphatic heterocycles. The van der Waals surface area contributed by atoms with E-state index in [1.54, 1.807) is 14.2 Å². The molecule has 4 heterocycles. The average Bonchev–Trinajstić information content (AvgIpc) is 4.13. The average molecular weight is 842 g/mol. The van der Waals surface area contributed by atoms with Gasteiger partial charge in [-0.15, -0.1) is 43.6 Å². The fraction of sp³-hybridized carbons (Fsp3) is 0.0612. The number of ether oxygens (including phenoxy) is 2.